The first-order valence-electron chi connectivity index (χ1n) is 8.41. The van der Waals surface area contributed by atoms with Gasteiger partial charge in [0.25, 0.3) is 0 Å². The van der Waals surface area contributed by atoms with Gasteiger partial charge in [0.05, 0.1) is 12.5 Å². The van der Waals surface area contributed by atoms with E-state index in [1.165, 1.54) is 5.57 Å². The molecule has 2 aliphatic rings. The van der Waals surface area contributed by atoms with Crippen molar-refractivity contribution in [2.24, 2.45) is 17.3 Å². The molecular weight excluding hydrogens is 304 g/mol. The monoisotopic (exact) mass is 328 g/mol. The molecule has 0 saturated heterocycles. The number of esters is 1. The largest absolute Gasteiger partial charge is 0.493 e. The van der Waals surface area contributed by atoms with Gasteiger partial charge in [-0.15, -0.1) is 0 Å². The van der Waals surface area contributed by atoms with E-state index in [2.05, 4.69) is 19.9 Å². The summed E-state index contributed by atoms with van der Waals surface area (Å²) < 4.78 is 10.7. The third-order valence-electron chi connectivity index (χ3n) is 5.03. The van der Waals surface area contributed by atoms with E-state index in [9.17, 15) is 9.59 Å². The SMILES string of the molecule is CC(C)=C[C@H]1[C@@H](C(=O)OCC(=O)c2ccc3c(c2)CCO3)C1(C)C. The van der Waals surface area contributed by atoms with E-state index in [-0.39, 0.29) is 35.6 Å². The number of carbonyl (C=O) groups is 2. The van der Waals surface area contributed by atoms with Crippen LogP contribution in [0.1, 0.15) is 43.6 Å². The minimum absolute atomic E-state index is 0.0949. The quantitative estimate of drug-likeness (QED) is 0.471. The molecule has 24 heavy (non-hydrogen) atoms. The first kappa shape index (κ1) is 16.7. The number of allylic oxidation sites excluding steroid dienone is 2. The normalized spacial score (nSPS) is 23.0. The van der Waals surface area contributed by atoms with E-state index < -0.39 is 0 Å². The molecule has 0 spiro atoms. The zero-order chi connectivity index (χ0) is 17.5. The van der Waals surface area contributed by atoms with Gasteiger partial charge >= 0.3 is 5.97 Å². The molecule has 0 N–H and O–H groups in total. The molecule has 1 saturated carbocycles. The Bertz CT molecular complexity index is 710. The van der Waals surface area contributed by atoms with Gasteiger partial charge in [0.2, 0.25) is 0 Å². The predicted molar refractivity (Wildman–Crippen MR) is 91.1 cm³/mol. The van der Waals surface area contributed by atoms with E-state index in [4.69, 9.17) is 9.47 Å². The zero-order valence-electron chi connectivity index (χ0n) is 14.7. The van der Waals surface area contributed by atoms with Crippen LogP contribution in [0.5, 0.6) is 5.75 Å². The van der Waals surface area contributed by atoms with Crippen LogP contribution in [-0.2, 0) is 16.0 Å². The fraction of sp³-hybridized carbons (Fsp3) is 0.500. The van der Waals surface area contributed by atoms with E-state index in [0.717, 1.165) is 17.7 Å². The van der Waals surface area contributed by atoms with Gasteiger partial charge < -0.3 is 9.47 Å². The van der Waals surface area contributed by atoms with Crippen LogP contribution in [0.3, 0.4) is 0 Å². The highest BCUT2D eigenvalue weighted by molar-refractivity contribution is 5.98. The third-order valence-corrected chi connectivity index (χ3v) is 5.03. The van der Waals surface area contributed by atoms with Crippen LogP contribution in [-0.4, -0.2) is 25.0 Å². The lowest BCUT2D eigenvalue weighted by atomic mass is 10.1. The minimum Gasteiger partial charge on any atom is -0.493 e. The number of benzene rings is 1. The van der Waals surface area contributed by atoms with Gasteiger partial charge in [-0.05, 0) is 48.9 Å². The lowest BCUT2D eigenvalue weighted by Crippen LogP contribution is -2.17. The Morgan fingerprint density at radius 3 is 2.79 bits per heavy atom. The number of carbonyl (C=O) groups excluding carboxylic acids is 2. The van der Waals surface area contributed by atoms with Crippen LogP contribution in [0.4, 0.5) is 0 Å². The van der Waals surface area contributed by atoms with Gasteiger partial charge in [0.15, 0.2) is 12.4 Å². The highest BCUT2D eigenvalue weighted by Crippen LogP contribution is 2.59. The summed E-state index contributed by atoms with van der Waals surface area (Å²) in [4.78, 5) is 24.6. The number of ether oxygens (including phenoxy) is 2. The second-order valence-electron chi connectivity index (χ2n) is 7.52. The van der Waals surface area contributed by atoms with Gasteiger partial charge in [0, 0.05) is 12.0 Å². The number of ketones is 1. The van der Waals surface area contributed by atoms with Crippen molar-refractivity contribution in [3.05, 3.63) is 41.0 Å². The van der Waals surface area contributed by atoms with Crippen molar-refractivity contribution >= 4 is 11.8 Å². The summed E-state index contributed by atoms with van der Waals surface area (Å²) >= 11 is 0. The number of fused-ring (bicyclic) bond motifs is 1. The number of rotatable bonds is 5. The van der Waals surface area contributed by atoms with Crippen molar-refractivity contribution in [2.45, 2.75) is 34.1 Å². The molecule has 1 fully saturated rings. The third kappa shape index (κ3) is 3.10. The minimum atomic E-state index is -0.277. The molecule has 1 aromatic rings. The fourth-order valence-corrected chi connectivity index (χ4v) is 3.47. The summed E-state index contributed by atoms with van der Waals surface area (Å²) in [5.41, 5.74) is 2.71. The molecule has 2 atom stereocenters. The maximum atomic E-state index is 12.3. The predicted octanol–water partition coefficient (Wildman–Crippen LogP) is 3.59. The van der Waals surface area contributed by atoms with Crippen molar-refractivity contribution < 1.29 is 19.1 Å². The van der Waals surface area contributed by atoms with Crippen LogP contribution in [0.25, 0.3) is 0 Å². The van der Waals surface area contributed by atoms with Crippen molar-refractivity contribution in [3.63, 3.8) is 0 Å². The van der Waals surface area contributed by atoms with Crippen molar-refractivity contribution in [3.8, 4) is 5.75 Å². The maximum absolute atomic E-state index is 12.3. The summed E-state index contributed by atoms with van der Waals surface area (Å²) in [5, 5.41) is 0. The fourth-order valence-electron chi connectivity index (χ4n) is 3.47. The average molecular weight is 328 g/mol. The number of Topliss-reactive ketones (excluding diaryl/α,β-unsaturated/α-hetero) is 1. The summed E-state index contributed by atoms with van der Waals surface area (Å²) in [7, 11) is 0. The zero-order valence-corrected chi connectivity index (χ0v) is 14.7. The molecule has 3 rings (SSSR count). The molecule has 0 radical (unpaired) electrons. The van der Waals surface area contributed by atoms with Gasteiger partial charge in [-0.1, -0.05) is 25.5 Å². The smallest absolute Gasteiger partial charge is 0.310 e. The molecule has 1 heterocycles. The second-order valence-corrected chi connectivity index (χ2v) is 7.52. The molecule has 4 nitrogen and oxygen atoms in total. The Kier molecular flexibility index (Phi) is 4.24. The summed E-state index contributed by atoms with van der Waals surface area (Å²) in [6.45, 7) is 8.63. The molecule has 128 valence electrons. The van der Waals surface area contributed by atoms with Crippen molar-refractivity contribution in [1.82, 2.24) is 0 Å². The Morgan fingerprint density at radius 2 is 2.08 bits per heavy atom. The second kappa shape index (κ2) is 6.08. The van der Waals surface area contributed by atoms with Gasteiger partial charge in [0.1, 0.15) is 5.75 Å². The molecule has 4 heteroatoms. The van der Waals surface area contributed by atoms with Crippen molar-refractivity contribution in [1.29, 1.82) is 0 Å². The van der Waals surface area contributed by atoms with E-state index in [0.29, 0.717) is 12.2 Å². The molecule has 1 aromatic carbocycles. The van der Waals surface area contributed by atoms with Gasteiger partial charge in [-0.25, -0.2) is 0 Å². The molecule has 1 aliphatic heterocycles. The van der Waals surface area contributed by atoms with Gasteiger partial charge in [-0.3, -0.25) is 9.59 Å². The van der Waals surface area contributed by atoms with Crippen LogP contribution in [0.15, 0.2) is 29.8 Å². The maximum Gasteiger partial charge on any atom is 0.310 e. The summed E-state index contributed by atoms with van der Waals surface area (Å²) in [6.07, 6.45) is 2.94. The van der Waals surface area contributed by atoms with E-state index >= 15 is 0 Å². The van der Waals surface area contributed by atoms with Crippen LogP contribution in [0, 0.1) is 17.3 Å². The van der Waals surface area contributed by atoms with Crippen LogP contribution in [0.2, 0.25) is 0 Å². The Morgan fingerprint density at radius 1 is 1.33 bits per heavy atom. The Balaban J connectivity index is 1.59. The molecule has 1 aliphatic carbocycles. The molecule has 0 unspecified atom stereocenters. The molecule has 0 aromatic heterocycles. The van der Waals surface area contributed by atoms with Crippen LogP contribution >= 0.6 is 0 Å². The standard InChI is InChI=1S/C20H24O4/c1-12(2)9-15-18(20(15,3)4)19(22)24-11-16(21)13-5-6-17-14(10-13)7-8-23-17/h5-6,9-10,15,18H,7-8,11H2,1-4H3/t15-,18-/m0/s1. The lowest BCUT2D eigenvalue weighted by Gasteiger charge is -2.06. The number of hydrogen-bond donors (Lipinski definition) is 0. The Labute approximate surface area is 142 Å². The van der Waals surface area contributed by atoms with E-state index in [1.807, 2.05) is 26.0 Å². The highest BCUT2D eigenvalue weighted by atomic mass is 16.5. The summed E-state index contributed by atoms with van der Waals surface area (Å²) in [5.74, 6) is 0.430. The Hall–Kier alpha value is -2.10. The van der Waals surface area contributed by atoms with Crippen LogP contribution < -0.4 is 4.74 Å². The van der Waals surface area contributed by atoms with Crippen molar-refractivity contribution in [2.75, 3.05) is 13.2 Å². The number of hydrogen-bond acceptors (Lipinski definition) is 4. The molecule has 0 amide bonds. The molecular formula is C20H24O4. The average Bonchev–Trinajstić information content (AvgIpc) is 2.88. The van der Waals surface area contributed by atoms with E-state index in [1.54, 1.807) is 6.07 Å². The topological polar surface area (TPSA) is 52.6 Å². The van der Waals surface area contributed by atoms with Gasteiger partial charge in [-0.2, -0.15) is 0 Å². The molecule has 0 bridgehead atoms. The first-order chi connectivity index (χ1) is 11.3. The first-order valence-corrected chi connectivity index (χ1v) is 8.41. The summed E-state index contributed by atoms with van der Waals surface area (Å²) in [6, 6.07) is 5.38. The highest BCUT2D eigenvalue weighted by Gasteiger charge is 2.61. The lowest BCUT2D eigenvalue weighted by molar-refractivity contribution is -0.145.